The van der Waals surface area contributed by atoms with Crippen molar-refractivity contribution in [2.24, 2.45) is 0 Å². The van der Waals surface area contributed by atoms with Gasteiger partial charge in [0.25, 0.3) is 0 Å². The first-order chi connectivity index (χ1) is 15.5. The van der Waals surface area contributed by atoms with Gasteiger partial charge in [0.05, 0.1) is 28.5 Å². The molecule has 7 nitrogen and oxygen atoms in total. The first-order valence-electron chi connectivity index (χ1n) is 9.44. The van der Waals surface area contributed by atoms with Crippen LogP contribution in [-0.4, -0.2) is 14.1 Å². The Kier molecular flexibility index (Phi) is 4.61. The molecular formula is C23H12ClFN4O3. The third-order valence-corrected chi connectivity index (χ3v) is 5.45. The van der Waals surface area contributed by atoms with Gasteiger partial charge in [-0.05, 0) is 18.2 Å². The minimum absolute atomic E-state index is 0.0804. The summed E-state index contributed by atoms with van der Waals surface area (Å²) < 4.78 is 21.3. The van der Waals surface area contributed by atoms with Crippen LogP contribution in [0.4, 0.5) is 4.39 Å². The van der Waals surface area contributed by atoms with Crippen LogP contribution in [0, 0.1) is 17.1 Å². The lowest BCUT2D eigenvalue weighted by atomic mass is 10.1. The minimum Gasteiger partial charge on any atom is -0.449 e. The summed E-state index contributed by atoms with van der Waals surface area (Å²) in [5.74, 6) is -0.357. The second-order valence-corrected chi connectivity index (χ2v) is 7.40. The molecule has 5 rings (SSSR count). The van der Waals surface area contributed by atoms with Crippen LogP contribution in [0.1, 0.15) is 0 Å². The number of aromatic nitrogens is 3. The van der Waals surface area contributed by atoms with Gasteiger partial charge in [-0.1, -0.05) is 35.9 Å². The van der Waals surface area contributed by atoms with E-state index in [-0.39, 0.29) is 34.1 Å². The Labute approximate surface area is 184 Å². The molecule has 0 saturated heterocycles. The zero-order valence-corrected chi connectivity index (χ0v) is 17.0. The molecule has 0 atom stereocenters. The van der Waals surface area contributed by atoms with Crippen molar-refractivity contribution in [2.75, 3.05) is 0 Å². The lowest BCUT2D eigenvalue weighted by Crippen LogP contribution is -2.38. The van der Waals surface area contributed by atoms with Crippen molar-refractivity contribution in [3.63, 3.8) is 0 Å². The third-order valence-electron chi connectivity index (χ3n) is 5.14. The smallest absolute Gasteiger partial charge is 0.337 e. The fourth-order valence-electron chi connectivity index (χ4n) is 3.68. The van der Waals surface area contributed by atoms with Gasteiger partial charge in [-0.2, -0.15) is 5.26 Å². The van der Waals surface area contributed by atoms with Crippen molar-refractivity contribution in [3.05, 3.63) is 92.6 Å². The fourth-order valence-corrected chi connectivity index (χ4v) is 3.94. The van der Waals surface area contributed by atoms with Gasteiger partial charge in [-0.3, -0.25) is 14.3 Å². The SMILES string of the molecule is N#CCn1c(=O)n(-c2cncc3ccccc23)c(=O)c2oc(-c3ccc(F)cc3Cl)cc21. The van der Waals surface area contributed by atoms with Crippen LogP contribution in [0.15, 0.2) is 74.9 Å². The maximum absolute atomic E-state index is 13.5. The summed E-state index contributed by atoms with van der Waals surface area (Å²) in [4.78, 5) is 30.9. The molecule has 0 aliphatic heterocycles. The van der Waals surface area contributed by atoms with Gasteiger partial charge in [0.15, 0.2) is 0 Å². The molecule has 0 bridgehead atoms. The zero-order valence-electron chi connectivity index (χ0n) is 16.3. The molecule has 0 N–H and O–H groups in total. The highest BCUT2D eigenvalue weighted by Gasteiger charge is 2.21. The van der Waals surface area contributed by atoms with Crippen molar-refractivity contribution in [3.8, 4) is 23.1 Å². The number of halogens is 2. The van der Waals surface area contributed by atoms with E-state index < -0.39 is 17.1 Å². The predicted octanol–water partition coefficient (Wildman–Crippen LogP) is 4.28. The quantitative estimate of drug-likeness (QED) is 0.412. The van der Waals surface area contributed by atoms with Gasteiger partial charge in [0.1, 0.15) is 18.1 Å². The number of fused-ring (bicyclic) bond motifs is 2. The van der Waals surface area contributed by atoms with Crippen LogP contribution in [-0.2, 0) is 6.54 Å². The van der Waals surface area contributed by atoms with Gasteiger partial charge in [-0.25, -0.2) is 13.8 Å². The highest BCUT2D eigenvalue weighted by molar-refractivity contribution is 6.33. The number of nitriles is 1. The summed E-state index contributed by atoms with van der Waals surface area (Å²) in [6.07, 6.45) is 3.03. The standard InChI is InChI=1S/C23H12ClFN4O3/c24-17-9-14(25)5-6-16(17)20-10-18-21(32-20)22(30)29(23(31)28(18)8-7-26)19-12-27-11-13-3-1-2-4-15(13)19/h1-6,9-12H,8H2. The minimum atomic E-state index is -0.709. The fraction of sp³-hybridized carbons (Fsp3) is 0.0435. The van der Waals surface area contributed by atoms with Crippen LogP contribution in [0.2, 0.25) is 5.02 Å². The van der Waals surface area contributed by atoms with Crippen LogP contribution < -0.4 is 11.2 Å². The maximum atomic E-state index is 13.5. The molecular weight excluding hydrogens is 435 g/mol. The second kappa shape index (κ2) is 7.48. The number of nitrogens with zero attached hydrogens (tertiary/aromatic N) is 4. The Hall–Kier alpha value is -4.22. The Morgan fingerprint density at radius 2 is 1.94 bits per heavy atom. The molecule has 0 amide bonds. The number of benzene rings is 2. The topological polar surface area (TPSA) is 93.8 Å². The average molecular weight is 447 g/mol. The molecule has 0 aliphatic carbocycles. The summed E-state index contributed by atoms with van der Waals surface area (Å²) in [6, 6.07) is 14.3. The number of pyridine rings is 1. The van der Waals surface area contributed by atoms with Crippen molar-refractivity contribution in [1.82, 2.24) is 14.1 Å². The molecule has 32 heavy (non-hydrogen) atoms. The summed E-state index contributed by atoms with van der Waals surface area (Å²) >= 11 is 6.14. The van der Waals surface area contributed by atoms with E-state index in [0.717, 1.165) is 20.6 Å². The van der Waals surface area contributed by atoms with Gasteiger partial charge in [0.2, 0.25) is 5.58 Å². The van der Waals surface area contributed by atoms with Gasteiger partial charge in [-0.15, -0.1) is 0 Å². The summed E-state index contributed by atoms with van der Waals surface area (Å²) in [6.45, 7) is -0.316. The lowest BCUT2D eigenvalue weighted by Gasteiger charge is -2.11. The summed E-state index contributed by atoms with van der Waals surface area (Å²) in [7, 11) is 0. The van der Waals surface area contributed by atoms with E-state index >= 15 is 0 Å². The van der Waals surface area contributed by atoms with E-state index in [1.807, 2.05) is 18.2 Å². The van der Waals surface area contributed by atoms with E-state index in [1.54, 1.807) is 18.3 Å². The number of rotatable bonds is 3. The summed E-state index contributed by atoms with van der Waals surface area (Å²) in [5, 5.41) is 10.8. The van der Waals surface area contributed by atoms with Gasteiger partial charge >= 0.3 is 11.2 Å². The predicted molar refractivity (Wildman–Crippen MR) is 117 cm³/mol. The highest BCUT2D eigenvalue weighted by atomic mass is 35.5. The Morgan fingerprint density at radius 1 is 1.12 bits per heavy atom. The van der Waals surface area contributed by atoms with Crippen LogP contribution >= 0.6 is 11.6 Å². The van der Waals surface area contributed by atoms with Gasteiger partial charge in [0, 0.05) is 28.6 Å². The molecule has 5 aromatic rings. The third kappa shape index (κ3) is 2.99. The maximum Gasteiger partial charge on any atom is 0.337 e. The number of hydrogen-bond acceptors (Lipinski definition) is 5. The molecule has 2 aromatic carbocycles. The van der Waals surface area contributed by atoms with Crippen molar-refractivity contribution < 1.29 is 8.81 Å². The molecule has 3 heterocycles. The normalized spacial score (nSPS) is 11.2. The van der Waals surface area contributed by atoms with E-state index in [0.29, 0.717) is 10.9 Å². The molecule has 156 valence electrons. The number of furan rings is 1. The van der Waals surface area contributed by atoms with E-state index in [1.165, 1.54) is 24.4 Å². The molecule has 0 saturated carbocycles. The molecule has 0 unspecified atom stereocenters. The largest absolute Gasteiger partial charge is 0.449 e. The average Bonchev–Trinajstić information content (AvgIpc) is 3.22. The zero-order chi connectivity index (χ0) is 22.4. The molecule has 0 spiro atoms. The lowest BCUT2D eigenvalue weighted by molar-refractivity contribution is 0.611. The van der Waals surface area contributed by atoms with Gasteiger partial charge < -0.3 is 4.42 Å². The first-order valence-corrected chi connectivity index (χ1v) is 9.82. The van der Waals surface area contributed by atoms with E-state index in [9.17, 15) is 19.2 Å². The van der Waals surface area contributed by atoms with Crippen LogP contribution in [0.3, 0.4) is 0 Å². The van der Waals surface area contributed by atoms with Crippen LogP contribution in [0.25, 0.3) is 38.9 Å². The second-order valence-electron chi connectivity index (χ2n) is 7.00. The van der Waals surface area contributed by atoms with Crippen molar-refractivity contribution >= 4 is 33.5 Å². The Balaban J connectivity index is 1.87. The number of hydrogen-bond donors (Lipinski definition) is 0. The molecule has 0 aliphatic rings. The van der Waals surface area contributed by atoms with E-state index in [4.69, 9.17) is 16.0 Å². The molecule has 3 aromatic heterocycles. The molecule has 9 heteroatoms. The van der Waals surface area contributed by atoms with Crippen molar-refractivity contribution in [2.45, 2.75) is 6.54 Å². The summed E-state index contributed by atoms with van der Waals surface area (Å²) in [5.41, 5.74) is -0.798. The van der Waals surface area contributed by atoms with Crippen molar-refractivity contribution in [1.29, 1.82) is 5.26 Å². The first kappa shape index (κ1) is 19.7. The Morgan fingerprint density at radius 3 is 2.72 bits per heavy atom. The highest BCUT2D eigenvalue weighted by Crippen LogP contribution is 2.32. The van der Waals surface area contributed by atoms with Crippen LogP contribution in [0.5, 0.6) is 0 Å². The van der Waals surface area contributed by atoms with E-state index in [2.05, 4.69) is 4.98 Å². The molecule has 0 fully saturated rings. The monoisotopic (exact) mass is 446 g/mol. The Bertz CT molecular complexity index is 1690. The molecule has 0 radical (unpaired) electrons.